The van der Waals surface area contributed by atoms with E-state index in [1.807, 2.05) is 0 Å². The Morgan fingerprint density at radius 3 is 1.73 bits per heavy atom. The van der Waals surface area contributed by atoms with E-state index < -0.39 is 62.7 Å². The van der Waals surface area contributed by atoms with Crippen LogP contribution < -0.4 is 0 Å². The smallest absolute Gasteiger partial charge is 0.303 e. The molecule has 0 aliphatic carbocycles. The largest absolute Gasteiger partial charge is 0.463 e. The van der Waals surface area contributed by atoms with Gasteiger partial charge in [0.15, 0.2) is 24.6 Å². The first-order chi connectivity index (χ1) is 13.8. The lowest BCUT2D eigenvalue weighted by Gasteiger charge is -2.44. The second-order valence-electron chi connectivity index (χ2n) is 8.25. The van der Waals surface area contributed by atoms with E-state index in [-0.39, 0.29) is 6.61 Å². The Balaban J connectivity index is 3.22. The second-order valence-corrected chi connectivity index (χ2v) is 13.9. The van der Waals surface area contributed by atoms with Gasteiger partial charge in [-0.05, 0) is 6.04 Å². The van der Waals surface area contributed by atoms with Crippen molar-refractivity contribution >= 4 is 32.0 Å². The molecule has 1 unspecified atom stereocenters. The highest BCUT2D eigenvalue weighted by atomic mass is 28.3. The second kappa shape index (κ2) is 11.4. The summed E-state index contributed by atoms with van der Waals surface area (Å²) in [6.45, 7) is 11.3. The van der Waals surface area contributed by atoms with Crippen molar-refractivity contribution < 1.29 is 47.6 Å². The highest BCUT2D eigenvalue weighted by molar-refractivity contribution is 6.76. The third-order valence-corrected chi connectivity index (χ3v) is 5.79. The minimum Gasteiger partial charge on any atom is -0.463 e. The summed E-state index contributed by atoms with van der Waals surface area (Å²) in [5, 5.41) is 0. The highest BCUT2D eigenvalue weighted by Gasteiger charge is 2.52. The maximum atomic E-state index is 11.7. The van der Waals surface area contributed by atoms with Crippen molar-refractivity contribution in [3.05, 3.63) is 0 Å². The Kier molecular flexibility index (Phi) is 9.92. The topological polar surface area (TPSA) is 124 Å². The molecule has 1 rings (SSSR count). The van der Waals surface area contributed by atoms with E-state index in [0.29, 0.717) is 6.61 Å². The number of ether oxygens (including phenoxy) is 6. The molecule has 0 amide bonds. The SMILES string of the molecule is CC(=O)OC[C@H]1OC(OCC[Si](C)(C)C)[C@H](OC(C)=O)[C@@H](OC(C)=O)[C@H]1OC(C)=O. The van der Waals surface area contributed by atoms with Crippen molar-refractivity contribution in [3.8, 4) is 0 Å². The molecule has 0 aromatic carbocycles. The summed E-state index contributed by atoms with van der Waals surface area (Å²) in [7, 11) is -1.43. The quantitative estimate of drug-likeness (QED) is 0.290. The fourth-order valence-corrected chi connectivity index (χ4v) is 3.53. The number of carbonyl (C=O) groups excluding carboxylic acids is 4. The van der Waals surface area contributed by atoms with Crippen LogP contribution in [0.25, 0.3) is 0 Å². The van der Waals surface area contributed by atoms with Gasteiger partial charge in [0.2, 0.25) is 0 Å². The summed E-state index contributed by atoms with van der Waals surface area (Å²) in [4.78, 5) is 46.4. The van der Waals surface area contributed by atoms with Gasteiger partial charge in [-0.25, -0.2) is 0 Å². The predicted octanol–water partition coefficient (Wildman–Crippen LogP) is 1.42. The first kappa shape index (κ1) is 26.1. The van der Waals surface area contributed by atoms with Crippen molar-refractivity contribution in [2.45, 2.75) is 84.1 Å². The summed E-state index contributed by atoms with van der Waals surface area (Å²) in [5.74, 6) is -2.57. The van der Waals surface area contributed by atoms with Gasteiger partial charge >= 0.3 is 23.9 Å². The molecule has 0 bridgehead atoms. The Bertz CT molecular complexity index is 629. The fraction of sp³-hybridized carbons (Fsp3) is 0.789. The molecule has 1 aliphatic heterocycles. The van der Waals surface area contributed by atoms with Crippen LogP contribution in [0.4, 0.5) is 0 Å². The molecular formula is C19H32O10Si. The number of hydrogen-bond acceptors (Lipinski definition) is 10. The average Bonchev–Trinajstić information content (AvgIpc) is 2.55. The minimum absolute atomic E-state index is 0.272. The molecular weight excluding hydrogens is 416 g/mol. The lowest BCUT2D eigenvalue weighted by atomic mass is 9.98. The number of hydrogen-bond donors (Lipinski definition) is 0. The molecule has 5 atom stereocenters. The number of rotatable bonds is 9. The molecule has 0 spiro atoms. The molecule has 0 saturated carbocycles. The molecule has 30 heavy (non-hydrogen) atoms. The average molecular weight is 449 g/mol. The van der Waals surface area contributed by atoms with Gasteiger partial charge in [-0.3, -0.25) is 19.2 Å². The number of esters is 4. The maximum absolute atomic E-state index is 11.7. The zero-order chi connectivity index (χ0) is 23.1. The normalized spacial score (nSPS) is 26.4. The highest BCUT2D eigenvalue weighted by Crippen LogP contribution is 2.30. The summed E-state index contributed by atoms with van der Waals surface area (Å²) in [6, 6.07) is 0.805. The Morgan fingerprint density at radius 2 is 1.27 bits per heavy atom. The molecule has 1 heterocycles. The lowest BCUT2D eigenvalue weighted by molar-refractivity contribution is -0.307. The zero-order valence-electron chi connectivity index (χ0n) is 18.6. The first-order valence-electron chi connectivity index (χ1n) is 9.72. The summed E-state index contributed by atoms with van der Waals surface area (Å²) in [5.41, 5.74) is 0. The van der Waals surface area contributed by atoms with Crippen LogP contribution >= 0.6 is 0 Å². The molecule has 1 fully saturated rings. The van der Waals surface area contributed by atoms with E-state index in [0.717, 1.165) is 6.04 Å². The molecule has 172 valence electrons. The molecule has 1 aliphatic rings. The van der Waals surface area contributed by atoms with Gasteiger partial charge in [-0.15, -0.1) is 0 Å². The monoisotopic (exact) mass is 448 g/mol. The van der Waals surface area contributed by atoms with E-state index in [9.17, 15) is 19.2 Å². The van der Waals surface area contributed by atoms with Gasteiger partial charge in [0.1, 0.15) is 12.7 Å². The molecule has 0 aromatic rings. The van der Waals surface area contributed by atoms with Crippen molar-refractivity contribution in [3.63, 3.8) is 0 Å². The van der Waals surface area contributed by atoms with Crippen LogP contribution in [0.3, 0.4) is 0 Å². The molecule has 1 saturated heterocycles. The van der Waals surface area contributed by atoms with Gasteiger partial charge in [-0.1, -0.05) is 19.6 Å². The Hall–Kier alpha value is -1.98. The Morgan fingerprint density at radius 1 is 0.767 bits per heavy atom. The van der Waals surface area contributed by atoms with Gasteiger partial charge in [0.25, 0.3) is 0 Å². The van der Waals surface area contributed by atoms with Crippen LogP contribution in [0.1, 0.15) is 27.7 Å². The van der Waals surface area contributed by atoms with E-state index in [4.69, 9.17) is 28.4 Å². The third kappa shape index (κ3) is 9.22. The molecule has 11 heteroatoms. The van der Waals surface area contributed by atoms with Crippen LogP contribution in [0.5, 0.6) is 0 Å². The van der Waals surface area contributed by atoms with E-state index in [2.05, 4.69) is 19.6 Å². The third-order valence-electron chi connectivity index (χ3n) is 4.08. The predicted molar refractivity (Wildman–Crippen MR) is 106 cm³/mol. The zero-order valence-corrected chi connectivity index (χ0v) is 19.6. The van der Waals surface area contributed by atoms with Crippen LogP contribution in [-0.2, 0) is 47.6 Å². The van der Waals surface area contributed by atoms with E-state index in [1.165, 1.54) is 27.7 Å². The first-order valence-corrected chi connectivity index (χ1v) is 13.4. The summed E-state index contributed by atoms with van der Waals surface area (Å²) < 4.78 is 32.7. The van der Waals surface area contributed by atoms with Gasteiger partial charge in [0, 0.05) is 42.4 Å². The van der Waals surface area contributed by atoms with E-state index in [1.54, 1.807) is 0 Å². The Labute approximate surface area is 177 Å². The van der Waals surface area contributed by atoms with Crippen LogP contribution in [0.2, 0.25) is 25.7 Å². The fourth-order valence-electron chi connectivity index (χ4n) is 2.80. The summed E-state index contributed by atoms with van der Waals surface area (Å²) >= 11 is 0. The van der Waals surface area contributed by atoms with Crippen molar-refractivity contribution in [1.29, 1.82) is 0 Å². The number of carbonyl (C=O) groups is 4. The van der Waals surface area contributed by atoms with Gasteiger partial charge in [-0.2, -0.15) is 0 Å². The van der Waals surface area contributed by atoms with Crippen LogP contribution in [0.15, 0.2) is 0 Å². The molecule has 10 nitrogen and oxygen atoms in total. The lowest BCUT2D eigenvalue weighted by Crippen LogP contribution is -2.63. The standard InChI is InChI=1S/C19H32O10Si/c1-11(20)25-10-15-16(26-12(2)21)17(27-13(3)22)18(28-14(4)23)19(29-15)24-8-9-30(5,6)7/h15-19H,8-10H2,1-7H3/t15-,16+,17+,18-,19?/m1/s1. The van der Waals surface area contributed by atoms with Gasteiger partial charge < -0.3 is 28.4 Å². The van der Waals surface area contributed by atoms with Crippen LogP contribution in [0, 0.1) is 0 Å². The van der Waals surface area contributed by atoms with Crippen LogP contribution in [-0.4, -0.2) is 75.9 Å². The van der Waals surface area contributed by atoms with Crippen molar-refractivity contribution in [2.24, 2.45) is 0 Å². The van der Waals surface area contributed by atoms with Crippen molar-refractivity contribution in [1.82, 2.24) is 0 Å². The molecule has 0 aromatic heterocycles. The molecule has 0 N–H and O–H groups in total. The maximum Gasteiger partial charge on any atom is 0.303 e. The van der Waals surface area contributed by atoms with E-state index >= 15 is 0 Å². The summed E-state index contributed by atoms with van der Waals surface area (Å²) in [6.07, 6.45) is -5.66. The van der Waals surface area contributed by atoms with Crippen molar-refractivity contribution in [2.75, 3.05) is 13.2 Å². The molecule has 0 radical (unpaired) electrons. The van der Waals surface area contributed by atoms with Gasteiger partial charge in [0.05, 0.1) is 0 Å². The minimum atomic E-state index is -1.43.